The Morgan fingerprint density at radius 3 is 2.88 bits per heavy atom. The molecule has 1 aliphatic rings. The molecule has 0 aliphatic carbocycles. The summed E-state index contributed by atoms with van der Waals surface area (Å²) in [6.45, 7) is 8.13. The first-order valence-corrected chi connectivity index (χ1v) is 8.94. The van der Waals surface area contributed by atoms with Crippen molar-refractivity contribution < 1.29 is 14.6 Å². The van der Waals surface area contributed by atoms with Gasteiger partial charge in [0.2, 0.25) is 6.79 Å². The van der Waals surface area contributed by atoms with Crippen LogP contribution in [0.5, 0.6) is 11.5 Å². The van der Waals surface area contributed by atoms with Crippen molar-refractivity contribution in [3.8, 4) is 11.5 Å². The van der Waals surface area contributed by atoms with Crippen LogP contribution < -0.4 is 9.47 Å². The Balaban J connectivity index is 1.77. The highest BCUT2D eigenvalue weighted by Crippen LogP contribution is 2.32. The molecule has 0 saturated carbocycles. The van der Waals surface area contributed by atoms with E-state index in [0.29, 0.717) is 13.2 Å². The number of hydrogen-bond acceptors (Lipinski definition) is 3. The SMILES string of the molecule is C=CCC(C)(O)CCCC(=CCCc1ccc2c(c1)OCO2)CC. The Labute approximate surface area is 146 Å². The van der Waals surface area contributed by atoms with E-state index in [1.54, 1.807) is 6.08 Å². The van der Waals surface area contributed by atoms with Crippen molar-refractivity contribution >= 4 is 0 Å². The summed E-state index contributed by atoms with van der Waals surface area (Å²) in [7, 11) is 0. The molecule has 1 heterocycles. The van der Waals surface area contributed by atoms with Gasteiger partial charge in [-0.2, -0.15) is 0 Å². The second-order valence-electron chi connectivity index (χ2n) is 6.79. The first-order valence-electron chi connectivity index (χ1n) is 8.94. The maximum atomic E-state index is 10.2. The molecule has 1 unspecified atom stereocenters. The van der Waals surface area contributed by atoms with Gasteiger partial charge in [-0.3, -0.25) is 0 Å². The molecule has 1 N–H and O–H groups in total. The molecule has 1 aromatic carbocycles. The highest BCUT2D eigenvalue weighted by molar-refractivity contribution is 5.44. The number of hydrogen-bond donors (Lipinski definition) is 1. The highest BCUT2D eigenvalue weighted by atomic mass is 16.7. The molecular formula is C21H30O3. The number of aryl methyl sites for hydroxylation is 1. The van der Waals surface area contributed by atoms with Crippen molar-refractivity contribution in [2.75, 3.05) is 6.79 Å². The molecule has 1 atom stereocenters. The van der Waals surface area contributed by atoms with Crippen LogP contribution in [0, 0.1) is 0 Å². The van der Waals surface area contributed by atoms with Crippen molar-refractivity contribution in [3.63, 3.8) is 0 Å². The summed E-state index contributed by atoms with van der Waals surface area (Å²) in [5, 5.41) is 10.2. The van der Waals surface area contributed by atoms with E-state index in [9.17, 15) is 5.11 Å². The van der Waals surface area contributed by atoms with E-state index in [1.165, 1.54) is 11.1 Å². The molecule has 1 aliphatic heterocycles. The van der Waals surface area contributed by atoms with E-state index in [1.807, 2.05) is 13.0 Å². The zero-order valence-corrected chi connectivity index (χ0v) is 15.0. The van der Waals surface area contributed by atoms with Gasteiger partial charge >= 0.3 is 0 Å². The fourth-order valence-corrected chi connectivity index (χ4v) is 3.07. The van der Waals surface area contributed by atoms with E-state index in [2.05, 4.69) is 31.7 Å². The average Bonchev–Trinajstić information content (AvgIpc) is 3.01. The highest BCUT2D eigenvalue weighted by Gasteiger charge is 2.17. The molecule has 0 saturated heterocycles. The summed E-state index contributed by atoms with van der Waals surface area (Å²) < 4.78 is 10.8. The lowest BCUT2D eigenvalue weighted by Crippen LogP contribution is -2.22. The van der Waals surface area contributed by atoms with Gasteiger partial charge in [-0.05, 0) is 69.6 Å². The van der Waals surface area contributed by atoms with Crippen LogP contribution in [-0.4, -0.2) is 17.5 Å². The summed E-state index contributed by atoms with van der Waals surface area (Å²) in [6, 6.07) is 6.18. The Morgan fingerprint density at radius 2 is 2.12 bits per heavy atom. The van der Waals surface area contributed by atoms with Gasteiger partial charge in [-0.1, -0.05) is 30.7 Å². The molecule has 0 fully saturated rings. The van der Waals surface area contributed by atoms with Gasteiger partial charge in [-0.15, -0.1) is 6.58 Å². The number of allylic oxidation sites excluding steroid dienone is 2. The Morgan fingerprint density at radius 1 is 1.33 bits per heavy atom. The van der Waals surface area contributed by atoms with Crippen LogP contribution in [0.1, 0.15) is 57.9 Å². The van der Waals surface area contributed by atoms with Crippen LogP contribution in [-0.2, 0) is 6.42 Å². The fourth-order valence-electron chi connectivity index (χ4n) is 3.07. The molecule has 0 amide bonds. The van der Waals surface area contributed by atoms with E-state index >= 15 is 0 Å². The Hall–Kier alpha value is -1.74. The van der Waals surface area contributed by atoms with Crippen molar-refractivity contribution in [2.45, 2.75) is 64.4 Å². The largest absolute Gasteiger partial charge is 0.454 e. The first kappa shape index (κ1) is 18.6. The average molecular weight is 330 g/mol. The summed E-state index contributed by atoms with van der Waals surface area (Å²) >= 11 is 0. The molecule has 1 aromatic rings. The van der Waals surface area contributed by atoms with E-state index < -0.39 is 5.60 Å². The minimum Gasteiger partial charge on any atom is -0.454 e. The van der Waals surface area contributed by atoms with Gasteiger partial charge in [0.1, 0.15) is 0 Å². The predicted octanol–water partition coefficient (Wildman–Crippen LogP) is 5.18. The second-order valence-corrected chi connectivity index (χ2v) is 6.79. The molecule has 0 bridgehead atoms. The molecule has 3 nitrogen and oxygen atoms in total. The first-order chi connectivity index (χ1) is 11.5. The van der Waals surface area contributed by atoms with E-state index in [4.69, 9.17) is 9.47 Å². The van der Waals surface area contributed by atoms with E-state index in [-0.39, 0.29) is 0 Å². The Bertz CT molecular complexity index is 572. The van der Waals surface area contributed by atoms with Crippen molar-refractivity contribution in [1.29, 1.82) is 0 Å². The number of ether oxygens (including phenoxy) is 2. The number of rotatable bonds is 10. The minimum absolute atomic E-state index is 0.328. The third kappa shape index (κ3) is 5.72. The fraction of sp³-hybridized carbons (Fsp3) is 0.524. The molecule has 3 heteroatoms. The molecule has 2 rings (SSSR count). The summed E-state index contributed by atoms with van der Waals surface area (Å²) in [5.41, 5.74) is 2.14. The molecule has 0 spiro atoms. The number of fused-ring (bicyclic) bond motifs is 1. The summed E-state index contributed by atoms with van der Waals surface area (Å²) in [5.74, 6) is 1.70. The lowest BCUT2D eigenvalue weighted by molar-refractivity contribution is 0.0520. The quantitative estimate of drug-likeness (QED) is 0.601. The van der Waals surface area contributed by atoms with Crippen LogP contribution >= 0.6 is 0 Å². The molecular weight excluding hydrogens is 300 g/mol. The number of aliphatic hydroxyl groups is 1. The van der Waals surface area contributed by atoms with Gasteiger partial charge in [0, 0.05) is 0 Å². The third-order valence-electron chi connectivity index (χ3n) is 4.55. The second kappa shape index (κ2) is 8.93. The Kier molecular flexibility index (Phi) is 6.92. The minimum atomic E-state index is -0.618. The molecule has 24 heavy (non-hydrogen) atoms. The van der Waals surface area contributed by atoms with Crippen LogP contribution in [0.3, 0.4) is 0 Å². The van der Waals surface area contributed by atoms with Crippen LogP contribution in [0.25, 0.3) is 0 Å². The predicted molar refractivity (Wildman–Crippen MR) is 98.5 cm³/mol. The molecule has 132 valence electrons. The zero-order valence-electron chi connectivity index (χ0n) is 15.0. The topological polar surface area (TPSA) is 38.7 Å². The van der Waals surface area contributed by atoms with Crippen LogP contribution in [0.4, 0.5) is 0 Å². The van der Waals surface area contributed by atoms with Gasteiger partial charge in [0.25, 0.3) is 0 Å². The van der Waals surface area contributed by atoms with Crippen molar-refractivity contribution in [1.82, 2.24) is 0 Å². The van der Waals surface area contributed by atoms with Crippen LogP contribution in [0.15, 0.2) is 42.5 Å². The van der Waals surface area contributed by atoms with Crippen molar-refractivity contribution in [2.24, 2.45) is 0 Å². The standard InChI is InChI=1S/C21H30O3/c1-4-13-21(3,22)14-7-10-17(5-2)8-6-9-18-11-12-19-20(15-18)24-16-23-19/h4,8,11-12,15,22H,1,5-7,9-10,13-14,16H2,2-3H3. The van der Waals surface area contributed by atoms with Gasteiger partial charge in [0.15, 0.2) is 11.5 Å². The molecule has 0 radical (unpaired) electrons. The summed E-state index contributed by atoms with van der Waals surface area (Å²) in [6.07, 6.45) is 10.8. The maximum Gasteiger partial charge on any atom is 0.231 e. The van der Waals surface area contributed by atoms with Gasteiger partial charge in [0.05, 0.1) is 5.60 Å². The van der Waals surface area contributed by atoms with Gasteiger partial charge in [-0.25, -0.2) is 0 Å². The normalized spacial score (nSPS) is 16.0. The number of benzene rings is 1. The monoisotopic (exact) mass is 330 g/mol. The lowest BCUT2D eigenvalue weighted by atomic mass is 9.93. The maximum absolute atomic E-state index is 10.2. The zero-order chi connectivity index (χ0) is 17.4. The third-order valence-corrected chi connectivity index (χ3v) is 4.55. The molecule has 0 aromatic heterocycles. The lowest BCUT2D eigenvalue weighted by Gasteiger charge is -2.21. The van der Waals surface area contributed by atoms with Gasteiger partial charge < -0.3 is 14.6 Å². The van der Waals surface area contributed by atoms with E-state index in [0.717, 1.165) is 50.0 Å². The smallest absolute Gasteiger partial charge is 0.231 e. The van der Waals surface area contributed by atoms with Crippen molar-refractivity contribution in [3.05, 3.63) is 48.1 Å². The summed E-state index contributed by atoms with van der Waals surface area (Å²) in [4.78, 5) is 0. The van der Waals surface area contributed by atoms with Crippen LogP contribution in [0.2, 0.25) is 0 Å².